The molecular weight excluding hydrogens is 557 g/mol. The zero-order chi connectivity index (χ0) is 29.1. The Labute approximate surface area is 236 Å². The van der Waals surface area contributed by atoms with Crippen LogP contribution >= 0.6 is 11.6 Å². The van der Waals surface area contributed by atoms with Gasteiger partial charge in [-0.1, -0.05) is 47.7 Å². The number of nitrogens with two attached hydrogens (primary N) is 2. The van der Waals surface area contributed by atoms with Crippen LogP contribution in [0.3, 0.4) is 0 Å². The van der Waals surface area contributed by atoms with E-state index in [1.807, 2.05) is 6.07 Å². The van der Waals surface area contributed by atoms with Gasteiger partial charge in [-0.2, -0.15) is 13.2 Å². The first-order chi connectivity index (χ1) is 19.6. The van der Waals surface area contributed by atoms with Crippen LogP contribution in [0.15, 0.2) is 71.9 Å². The number of aromatic nitrogens is 5. The molecule has 206 valence electrons. The van der Waals surface area contributed by atoms with Crippen LogP contribution in [0.1, 0.15) is 22.5 Å². The molecular formula is C28H20ClF3N8O. The van der Waals surface area contributed by atoms with E-state index in [0.29, 0.717) is 33.5 Å². The van der Waals surface area contributed by atoms with E-state index in [1.54, 1.807) is 42.5 Å². The van der Waals surface area contributed by atoms with Gasteiger partial charge in [0.25, 0.3) is 5.56 Å². The van der Waals surface area contributed by atoms with Crippen LogP contribution in [0.5, 0.6) is 0 Å². The van der Waals surface area contributed by atoms with Crippen molar-refractivity contribution in [2.75, 3.05) is 23.3 Å². The van der Waals surface area contributed by atoms with Crippen LogP contribution in [0.2, 0.25) is 5.02 Å². The summed E-state index contributed by atoms with van der Waals surface area (Å²) in [7, 11) is 0. The van der Waals surface area contributed by atoms with Crippen molar-refractivity contribution in [1.82, 2.24) is 24.5 Å². The second kappa shape index (κ2) is 11.1. The number of rotatable bonds is 5. The number of alkyl halides is 3. The first-order valence-corrected chi connectivity index (χ1v) is 12.5. The van der Waals surface area contributed by atoms with E-state index in [0.717, 1.165) is 6.20 Å². The van der Waals surface area contributed by atoms with Gasteiger partial charge >= 0.3 is 6.18 Å². The number of benzene rings is 2. The van der Waals surface area contributed by atoms with Crippen LogP contribution < -0.4 is 22.3 Å². The zero-order valence-corrected chi connectivity index (χ0v) is 21.8. The molecule has 5 N–H and O–H groups in total. The number of hydrogen-bond acceptors (Lipinski definition) is 8. The molecule has 0 atom stereocenters. The summed E-state index contributed by atoms with van der Waals surface area (Å²) in [5.41, 5.74) is 10.8. The largest absolute Gasteiger partial charge is 0.417 e. The van der Waals surface area contributed by atoms with Crippen molar-refractivity contribution >= 4 is 40.0 Å². The maximum Gasteiger partial charge on any atom is 0.417 e. The average molecular weight is 577 g/mol. The van der Waals surface area contributed by atoms with Gasteiger partial charge in [-0.25, -0.2) is 19.9 Å². The van der Waals surface area contributed by atoms with Gasteiger partial charge in [0.1, 0.15) is 35.2 Å². The van der Waals surface area contributed by atoms with Gasteiger partial charge in [-0.3, -0.25) is 9.36 Å². The second-order valence-electron chi connectivity index (χ2n) is 8.70. The molecule has 3 aromatic heterocycles. The first kappa shape index (κ1) is 27.4. The van der Waals surface area contributed by atoms with E-state index in [-0.39, 0.29) is 47.1 Å². The molecule has 13 heteroatoms. The molecule has 2 aromatic carbocycles. The van der Waals surface area contributed by atoms with Gasteiger partial charge in [-0.15, -0.1) is 0 Å². The average Bonchev–Trinajstić information content (AvgIpc) is 2.93. The van der Waals surface area contributed by atoms with Crippen molar-refractivity contribution in [2.45, 2.75) is 12.6 Å². The van der Waals surface area contributed by atoms with Gasteiger partial charge in [-0.05, 0) is 30.3 Å². The lowest BCUT2D eigenvalue weighted by molar-refractivity contribution is -0.137. The highest BCUT2D eigenvalue weighted by Crippen LogP contribution is 2.32. The Morgan fingerprint density at radius 2 is 1.78 bits per heavy atom. The third-order valence-electron chi connectivity index (χ3n) is 6.00. The summed E-state index contributed by atoms with van der Waals surface area (Å²) in [6.07, 6.45) is -2.29. The topological polar surface area (TPSA) is 138 Å². The molecule has 0 fully saturated rings. The van der Waals surface area contributed by atoms with E-state index in [2.05, 4.69) is 37.1 Å². The highest BCUT2D eigenvalue weighted by molar-refractivity contribution is 6.35. The molecule has 0 aliphatic heterocycles. The molecule has 0 aliphatic carbocycles. The van der Waals surface area contributed by atoms with Gasteiger partial charge in [0.05, 0.1) is 32.7 Å². The third kappa shape index (κ3) is 5.75. The smallest absolute Gasteiger partial charge is 0.384 e. The highest BCUT2D eigenvalue weighted by atomic mass is 35.5. The van der Waals surface area contributed by atoms with E-state index < -0.39 is 11.7 Å². The zero-order valence-electron chi connectivity index (χ0n) is 21.1. The van der Waals surface area contributed by atoms with Crippen molar-refractivity contribution in [3.05, 3.63) is 105 Å². The fourth-order valence-electron chi connectivity index (χ4n) is 4.13. The predicted molar refractivity (Wildman–Crippen MR) is 151 cm³/mol. The number of anilines is 3. The summed E-state index contributed by atoms with van der Waals surface area (Å²) < 4.78 is 42.0. The maximum absolute atomic E-state index is 13.5. The fourth-order valence-corrected chi connectivity index (χ4v) is 4.38. The normalized spacial score (nSPS) is 11.2. The number of nitrogen functional groups attached to an aromatic ring is 2. The van der Waals surface area contributed by atoms with E-state index >= 15 is 0 Å². The lowest BCUT2D eigenvalue weighted by Gasteiger charge is -2.15. The Morgan fingerprint density at radius 1 is 1.00 bits per heavy atom. The molecule has 5 aromatic rings. The SMILES string of the molecule is Nc1cc(C(F)(F)F)c(C#Cc2c(N)ncnc2NCCc2nc3cccc(Cl)c3c(=O)n2-c2ccccc2)cn1. The molecule has 3 heterocycles. The van der Waals surface area contributed by atoms with Gasteiger partial charge < -0.3 is 16.8 Å². The van der Waals surface area contributed by atoms with Crippen molar-refractivity contribution in [1.29, 1.82) is 0 Å². The van der Waals surface area contributed by atoms with Gasteiger partial charge in [0, 0.05) is 19.2 Å². The summed E-state index contributed by atoms with van der Waals surface area (Å²) in [4.78, 5) is 30.0. The summed E-state index contributed by atoms with van der Waals surface area (Å²) in [6.45, 7) is 0.216. The third-order valence-corrected chi connectivity index (χ3v) is 6.32. The van der Waals surface area contributed by atoms with E-state index in [1.165, 1.54) is 10.9 Å². The minimum absolute atomic E-state index is 0.0355. The number of para-hydroxylation sites is 1. The summed E-state index contributed by atoms with van der Waals surface area (Å²) >= 11 is 6.33. The molecule has 0 bridgehead atoms. The Hall–Kier alpha value is -5.15. The van der Waals surface area contributed by atoms with Crippen molar-refractivity contribution in [2.24, 2.45) is 0 Å². The molecule has 0 amide bonds. The number of nitrogens with one attached hydrogen (secondary N) is 1. The molecule has 0 saturated carbocycles. The molecule has 0 unspecified atom stereocenters. The number of fused-ring (bicyclic) bond motifs is 1. The minimum atomic E-state index is -4.69. The quantitative estimate of drug-likeness (QED) is 0.261. The number of pyridine rings is 1. The summed E-state index contributed by atoms with van der Waals surface area (Å²) in [5, 5.41) is 3.67. The molecule has 9 nitrogen and oxygen atoms in total. The Bertz CT molecular complexity index is 1880. The molecule has 5 rings (SSSR count). The predicted octanol–water partition coefficient (Wildman–Crippen LogP) is 4.46. The van der Waals surface area contributed by atoms with Crippen LogP contribution in [-0.2, 0) is 12.6 Å². The number of nitrogens with zero attached hydrogens (tertiary/aromatic N) is 5. The number of hydrogen-bond donors (Lipinski definition) is 3. The Kier molecular flexibility index (Phi) is 7.45. The summed E-state index contributed by atoms with van der Waals surface area (Å²) in [5.74, 6) is 5.40. The van der Waals surface area contributed by atoms with Crippen LogP contribution in [-0.4, -0.2) is 31.0 Å². The lowest BCUT2D eigenvalue weighted by atomic mass is 10.1. The standard InChI is InChI=1S/C28H20ClF3N8O/c29-20-7-4-8-21-24(20)27(41)40(17-5-2-1-3-6-17)23(39-21)11-12-35-26-18(25(34)37-15-38-26)10-9-16-14-36-22(33)13-19(16)28(30,31)32/h1-8,13-15H,11-12H2,(H2,33,36)(H3,34,35,37,38). The van der Waals surface area contributed by atoms with Crippen LogP contribution in [0, 0.1) is 11.8 Å². The second-order valence-corrected chi connectivity index (χ2v) is 9.11. The van der Waals surface area contributed by atoms with Gasteiger partial charge in [0.15, 0.2) is 0 Å². The Morgan fingerprint density at radius 3 is 2.54 bits per heavy atom. The Balaban J connectivity index is 1.48. The highest BCUT2D eigenvalue weighted by Gasteiger charge is 2.33. The number of halogens is 4. The van der Waals surface area contributed by atoms with Crippen molar-refractivity contribution < 1.29 is 13.2 Å². The first-order valence-electron chi connectivity index (χ1n) is 12.1. The maximum atomic E-state index is 13.5. The molecule has 0 aliphatic rings. The van der Waals surface area contributed by atoms with E-state index in [9.17, 15) is 18.0 Å². The minimum Gasteiger partial charge on any atom is -0.384 e. The lowest BCUT2D eigenvalue weighted by Crippen LogP contribution is -2.25. The molecule has 41 heavy (non-hydrogen) atoms. The molecule has 0 spiro atoms. The summed E-state index contributed by atoms with van der Waals surface area (Å²) in [6, 6.07) is 14.7. The molecule has 0 radical (unpaired) electrons. The van der Waals surface area contributed by atoms with Crippen molar-refractivity contribution in [3.8, 4) is 17.5 Å². The van der Waals surface area contributed by atoms with E-state index in [4.69, 9.17) is 23.1 Å². The fraction of sp³-hybridized carbons (Fsp3) is 0.107. The van der Waals surface area contributed by atoms with Crippen LogP contribution in [0.25, 0.3) is 16.6 Å². The van der Waals surface area contributed by atoms with Gasteiger partial charge in [0.2, 0.25) is 0 Å². The van der Waals surface area contributed by atoms with Crippen molar-refractivity contribution in [3.63, 3.8) is 0 Å². The van der Waals surface area contributed by atoms with Crippen LogP contribution in [0.4, 0.5) is 30.6 Å². The monoisotopic (exact) mass is 576 g/mol. The molecule has 0 saturated heterocycles.